The van der Waals surface area contributed by atoms with Gasteiger partial charge < -0.3 is 226 Å². The van der Waals surface area contributed by atoms with Gasteiger partial charge in [0.15, 0.2) is 25.2 Å². The molecule has 7 heterocycles. The van der Waals surface area contributed by atoms with Gasteiger partial charge >= 0.3 is 17.9 Å². The third kappa shape index (κ3) is 34.9. The van der Waals surface area contributed by atoms with Gasteiger partial charge in [0.1, 0.15) is 159 Å². The summed E-state index contributed by atoms with van der Waals surface area (Å²) in [5.74, 6) is -22.0. The number of carboxylic acid groups (broad SMARTS) is 3. The molecular formula is C93H163N5O48. The van der Waals surface area contributed by atoms with Crippen molar-refractivity contribution >= 4 is 47.4 Å². The summed E-state index contributed by atoms with van der Waals surface area (Å²) in [6.07, 6.45) is -57.7. The Bertz CT molecular complexity index is 3880. The van der Waals surface area contributed by atoms with Gasteiger partial charge in [0.2, 0.25) is 29.5 Å². The average Bonchev–Trinajstić information content (AvgIpc) is 0.732. The van der Waals surface area contributed by atoms with Crippen LogP contribution >= 0.6 is 0 Å². The number of unbranched alkanes of at least 4 members (excludes halogenated alkanes) is 20. The predicted octanol–water partition coefficient (Wildman–Crippen LogP) is -8.42. The zero-order valence-corrected chi connectivity index (χ0v) is 83.6. The molecule has 7 saturated heterocycles. The molecule has 0 aromatic rings. The van der Waals surface area contributed by atoms with Crippen LogP contribution in [-0.2, 0) is 105 Å². The second-order valence-electron chi connectivity index (χ2n) is 39.5. The van der Waals surface area contributed by atoms with Crippen LogP contribution in [0, 0.1) is 5.92 Å². The van der Waals surface area contributed by atoms with Crippen LogP contribution in [0.25, 0.3) is 0 Å². The molecule has 0 aromatic carbocycles. The molecule has 146 heavy (non-hydrogen) atoms. The molecular weight excluding hydrogens is 1960 g/mol. The minimum atomic E-state index is -3.68. The quantitative estimate of drug-likeness (QED) is 0.0252. The Morgan fingerprint density at radius 3 is 1.13 bits per heavy atom. The molecule has 0 aliphatic carbocycles. The molecule has 41 unspecified atom stereocenters. The van der Waals surface area contributed by atoms with E-state index in [-0.39, 0.29) is 12.8 Å². The number of nitrogens with one attached hydrogen (secondary N) is 5. The minimum absolute atomic E-state index is 0.0431. The number of carboxylic acids is 3. The number of hydrogen-bond acceptors (Lipinski definition) is 45. The van der Waals surface area contributed by atoms with E-state index in [1.165, 1.54) is 57.8 Å². The molecule has 0 radical (unpaired) electrons. The monoisotopic (exact) mass is 2120 g/mol. The third-order valence-electron chi connectivity index (χ3n) is 27.5. The van der Waals surface area contributed by atoms with Crippen LogP contribution in [0.1, 0.15) is 228 Å². The highest BCUT2D eigenvalue weighted by molar-refractivity contribution is 5.79. The van der Waals surface area contributed by atoms with Crippen LogP contribution < -0.4 is 26.6 Å². The third-order valence-corrected chi connectivity index (χ3v) is 27.5. The van der Waals surface area contributed by atoms with E-state index in [1.54, 1.807) is 0 Å². The lowest BCUT2D eigenvalue weighted by Gasteiger charge is -2.53. The van der Waals surface area contributed by atoms with E-state index in [0.717, 1.165) is 105 Å². The van der Waals surface area contributed by atoms with Gasteiger partial charge in [-0.05, 0) is 18.8 Å². The fourth-order valence-electron chi connectivity index (χ4n) is 19.4. The smallest absolute Gasteiger partial charge is 0.364 e. The van der Waals surface area contributed by atoms with Crippen molar-refractivity contribution in [2.45, 2.75) is 478 Å². The summed E-state index contributed by atoms with van der Waals surface area (Å²) in [7, 11) is 0. The summed E-state index contributed by atoms with van der Waals surface area (Å²) in [6.45, 7) is -0.136. The maximum atomic E-state index is 14.3. The summed E-state index contributed by atoms with van der Waals surface area (Å²) >= 11 is 0. The highest BCUT2D eigenvalue weighted by Gasteiger charge is 2.67. The van der Waals surface area contributed by atoms with E-state index < -0.39 is 369 Å². The molecule has 5 amide bonds. The second kappa shape index (κ2) is 61.4. The second-order valence-corrected chi connectivity index (χ2v) is 39.5. The normalized spacial score (nSPS) is 35.9. The summed E-state index contributed by atoms with van der Waals surface area (Å²) in [4.78, 5) is 107. The Labute approximate surface area is 845 Å². The van der Waals surface area contributed by atoms with E-state index in [2.05, 4.69) is 47.4 Å². The first-order chi connectivity index (χ1) is 69.1. The summed E-state index contributed by atoms with van der Waals surface area (Å²) in [5.41, 5.74) is 0. The predicted molar refractivity (Wildman–Crippen MR) is 493 cm³/mol. The van der Waals surface area contributed by atoms with Crippen molar-refractivity contribution in [1.29, 1.82) is 0 Å². The number of ether oxygens (including phenoxy) is 14. The molecule has 7 fully saturated rings. The van der Waals surface area contributed by atoms with E-state index in [4.69, 9.17) is 66.3 Å². The standard InChI is InChI=1S/C93H163N5O48/c1-8-9-10-11-12-13-14-15-16-20-23-26-29-32-61(116)98-49(66(117)50(110)31-28-25-22-19-17-18-21-24-27-30-44(2)3)43-133-85-73(124)72(123)76(59(41-104)137-85)139-87-74(125)82(71(122)58(40-103)136-87)140-84-65(97-48(7)109)81(70(121)56(38-101)134-84)145-92(89(129)130)34-53(113)64(96-47(6)108)80(144-92)69(120)57(39-102)135-86-75(126)83(146-93(90(131)132)35-52(112)63(95-46(5)107)79(143-93)68(119)55(115)37-100)77(60(42-105)138-86)141-91(88(127)128)33-51(111)62(94-45(4)106)78(142-91)67(118)54(114)36-99/h44,49-60,62-87,99-105,110-115,117-126H,8-43H2,1-7H3,(H,94,106)(H,95,107)(H,96,108)(H,97,109)(H,98,116)(H,127,128)(H,129,130)(H,131,132). The highest BCUT2D eigenvalue weighted by atomic mass is 16.8. The Morgan fingerprint density at radius 1 is 0.363 bits per heavy atom. The minimum Gasteiger partial charge on any atom is -0.477 e. The van der Waals surface area contributed by atoms with Gasteiger partial charge in [0.25, 0.3) is 17.4 Å². The van der Waals surface area contributed by atoms with E-state index in [9.17, 15) is 171 Å². The zero-order chi connectivity index (χ0) is 109. The van der Waals surface area contributed by atoms with Gasteiger partial charge in [-0.3, -0.25) is 24.0 Å². The van der Waals surface area contributed by atoms with E-state index >= 15 is 0 Å². The van der Waals surface area contributed by atoms with Crippen LogP contribution in [-0.4, -0.2) is 483 Å². The van der Waals surface area contributed by atoms with Crippen LogP contribution in [0.4, 0.5) is 0 Å². The van der Waals surface area contributed by atoms with Gasteiger partial charge in [-0.2, -0.15) is 0 Å². The first-order valence-electron chi connectivity index (χ1n) is 50.6. The number of amides is 5. The lowest BCUT2D eigenvalue weighted by molar-refractivity contribution is -0.404. The lowest BCUT2D eigenvalue weighted by atomic mass is 9.87. The molecule has 41 atom stereocenters. The molecule has 31 N–H and O–H groups in total. The first kappa shape index (κ1) is 127. The number of rotatable bonds is 64. The maximum absolute atomic E-state index is 14.3. The summed E-state index contributed by atoms with van der Waals surface area (Å²) in [6, 6.07) is -9.64. The molecule has 53 heteroatoms. The maximum Gasteiger partial charge on any atom is 0.364 e. The van der Waals surface area contributed by atoms with Crippen molar-refractivity contribution in [2.24, 2.45) is 5.92 Å². The number of carbonyl (C=O) groups excluding carboxylic acids is 5. The molecule has 0 bridgehead atoms. The SMILES string of the molecule is CCCCCCCCCCCCCCCC(=O)NC(COC1OC(CO)C(OC2OC(CO)C(O)C(OC3OC(CO)C(O)C(OC4(C(=O)O)CC(O)C(NC(C)=O)C(C(O)C(CO)OC5OC(CO)C(OC6(C(=O)O)CC(O)C(NC(C)=O)C(C(O)C(O)CO)O6)C(OC6(C(=O)O)CC(O)C(NC(C)=O)C(C(O)C(O)CO)O6)C5O)O4)C3NC(C)=O)C2O)C(O)C1O)C(O)C(O)CCCCCCCCCCCC(C)C. The van der Waals surface area contributed by atoms with Crippen LogP contribution in [0.3, 0.4) is 0 Å². The Morgan fingerprint density at radius 2 is 0.719 bits per heavy atom. The summed E-state index contributed by atoms with van der Waals surface area (Å²) in [5, 5.41) is 309. The first-order valence-corrected chi connectivity index (χ1v) is 50.6. The van der Waals surface area contributed by atoms with Crippen molar-refractivity contribution in [3.8, 4) is 0 Å². The van der Waals surface area contributed by atoms with Gasteiger partial charge in [0.05, 0.1) is 101 Å². The molecule has 0 saturated carbocycles. The molecule has 7 aliphatic heterocycles. The van der Waals surface area contributed by atoms with Crippen LogP contribution in [0.2, 0.25) is 0 Å². The van der Waals surface area contributed by atoms with Crippen molar-refractivity contribution < 1.29 is 237 Å². The Balaban J connectivity index is 1.16. The van der Waals surface area contributed by atoms with Crippen molar-refractivity contribution in [3.63, 3.8) is 0 Å². The lowest BCUT2D eigenvalue weighted by Crippen LogP contribution is -2.73. The van der Waals surface area contributed by atoms with E-state index in [1.807, 2.05) is 0 Å². The highest BCUT2D eigenvalue weighted by Crippen LogP contribution is 2.46. The van der Waals surface area contributed by atoms with Gasteiger partial charge in [0, 0.05) is 53.4 Å². The van der Waals surface area contributed by atoms with Crippen molar-refractivity contribution in [1.82, 2.24) is 26.6 Å². The number of carbonyl (C=O) groups is 8. The Kier molecular flexibility index (Phi) is 53.5. The Hall–Kier alpha value is -5.72. The zero-order valence-electron chi connectivity index (χ0n) is 83.6. The van der Waals surface area contributed by atoms with Crippen LogP contribution in [0.15, 0.2) is 0 Å². The largest absolute Gasteiger partial charge is 0.477 e. The van der Waals surface area contributed by atoms with Gasteiger partial charge in [-0.15, -0.1) is 0 Å². The number of hydrogen-bond donors (Lipinski definition) is 31. The molecule has 0 spiro atoms. The number of aliphatic hydroxyl groups is 23. The van der Waals surface area contributed by atoms with Crippen molar-refractivity contribution in [3.05, 3.63) is 0 Å². The van der Waals surface area contributed by atoms with Crippen LogP contribution in [0.5, 0.6) is 0 Å². The molecule has 7 aliphatic rings. The molecule has 53 nitrogen and oxygen atoms in total. The summed E-state index contributed by atoms with van der Waals surface area (Å²) < 4.78 is 83.6. The van der Waals surface area contributed by atoms with Gasteiger partial charge in [-0.25, -0.2) is 14.4 Å². The van der Waals surface area contributed by atoms with Crippen molar-refractivity contribution in [2.75, 3.05) is 52.9 Å². The topological polar surface area (TPSA) is 852 Å². The van der Waals surface area contributed by atoms with E-state index in [0.29, 0.717) is 18.8 Å². The average molecular weight is 2120 g/mol. The number of aliphatic carboxylic acids is 3. The fourth-order valence-corrected chi connectivity index (χ4v) is 19.4. The molecule has 0 aromatic heterocycles. The number of aliphatic hydroxyl groups excluding tert-OH is 23. The molecule has 7 rings (SSSR count). The fraction of sp³-hybridized carbons (Fsp3) is 0.914. The van der Waals surface area contributed by atoms with Gasteiger partial charge in [-0.1, -0.05) is 162 Å². The molecule has 848 valence electrons.